The van der Waals surface area contributed by atoms with Crippen molar-refractivity contribution in [3.05, 3.63) is 29.3 Å². The van der Waals surface area contributed by atoms with Crippen molar-refractivity contribution in [2.75, 3.05) is 6.54 Å². The fourth-order valence-corrected chi connectivity index (χ4v) is 3.63. The molecule has 7 nitrogen and oxygen atoms in total. The van der Waals surface area contributed by atoms with Crippen molar-refractivity contribution in [3.8, 4) is 0 Å². The van der Waals surface area contributed by atoms with E-state index in [1.807, 2.05) is 0 Å². The van der Waals surface area contributed by atoms with Crippen LogP contribution in [0.1, 0.15) is 29.8 Å². The Bertz CT molecular complexity index is 712. The van der Waals surface area contributed by atoms with E-state index in [-0.39, 0.29) is 10.8 Å². The molecule has 0 fully saturated rings. The van der Waals surface area contributed by atoms with E-state index in [0.29, 0.717) is 18.5 Å². The van der Waals surface area contributed by atoms with Crippen LogP contribution in [0.15, 0.2) is 23.1 Å². The number of amides is 1. The first-order chi connectivity index (χ1) is 10.2. The van der Waals surface area contributed by atoms with Crippen molar-refractivity contribution in [3.63, 3.8) is 0 Å². The Kier molecular flexibility index (Phi) is 4.52. The van der Waals surface area contributed by atoms with Gasteiger partial charge in [0, 0.05) is 12.1 Å². The predicted molar refractivity (Wildman–Crippen MR) is 79.1 cm³/mol. The summed E-state index contributed by atoms with van der Waals surface area (Å²) in [5, 5.41) is 11.7. The number of hydrogen-bond acceptors (Lipinski definition) is 4. The van der Waals surface area contributed by atoms with E-state index in [2.05, 4.69) is 10.0 Å². The Morgan fingerprint density at radius 2 is 2.05 bits per heavy atom. The van der Waals surface area contributed by atoms with E-state index in [1.165, 1.54) is 12.1 Å². The first-order valence-corrected chi connectivity index (χ1v) is 8.37. The van der Waals surface area contributed by atoms with Gasteiger partial charge in [0.2, 0.25) is 10.0 Å². The van der Waals surface area contributed by atoms with Crippen molar-refractivity contribution >= 4 is 21.9 Å². The van der Waals surface area contributed by atoms with Gasteiger partial charge in [0.05, 0.1) is 4.90 Å². The summed E-state index contributed by atoms with van der Waals surface area (Å²) < 4.78 is 26.8. The zero-order valence-corrected chi connectivity index (χ0v) is 13.1. The zero-order valence-electron chi connectivity index (χ0n) is 12.3. The average molecular weight is 326 g/mol. The maximum Gasteiger partial charge on any atom is 0.322 e. The number of rotatable bonds is 5. The Balaban J connectivity index is 2.36. The molecule has 1 aliphatic rings. The Morgan fingerprint density at radius 3 is 2.64 bits per heavy atom. The predicted octanol–water partition coefficient (Wildman–Crippen LogP) is 0.360. The topological polar surface area (TPSA) is 113 Å². The van der Waals surface area contributed by atoms with E-state index in [9.17, 15) is 18.0 Å². The summed E-state index contributed by atoms with van der Waals surface area (Å²) in [4.78, 5) is 22.8. The number of sulfonamides is 1. The molecule has 1 aromatic carbocycles. The first kappa shape index (κ1) is 16.4. The lowest BCUT2D eigenvalue weighted by molar-refractivity contribution is -0.140. The van der Waals surface area contributed by atoms with Crippen molar-refractivity contribution in [2.24, 2.45) is 5.92 Å². The van der Waals surface area contributed by atoms with E-state index in [0.717, 1.165) is 5.56 Å². The van der Waals surface area contributed by atoms with Crippen molar-refractivity contribution in [2.45, 2.75) is 31.2 Å². The summed E-state index contributed by atoms with van der Waals surface area (Å²) in [6.45, 7) is 3.74. The summed E-state index contributed by atoms with van der Waals surface area (Å²) in [6.07, 6.45) is 0.637. The average Bonchev–Trinajstić information content (AvgIpc) is 2.44. The second-order valence-corrected chi connectivity index (χ2v) is 7.22. The van der Waals surface area contributed by atoms with Crippen LogP contribution in [-0.4, -0.2) is 38.0 Å². The molecule has 1 aromatic rings. The lowest BCUT2D eigenvalue weighted by atomic mass is 10.0. The SMILES string of the molecule is CC(C)[C@H](NS(=O)(=O)c1ccc2c(c1)C(=O)NCC2)C(=O)O. The standard InChI is InChI=1S/C14H18N2O5S/c1-8(2)12(14(18)19)16-22(20,21)10-4-3-9-5-6-15-13(17)11(9)7-10/h3-4,7-8,12,16H,5-6H2,1-2H3,(H,15,17)(H,18,19)/t12-/m0/s1. The largest absolute Gasteiger partial charge is 0.480 e. The number of carboxylic acids is 1. The highest BCUT2D eigenvalue weighted by atomic mass is 32.2. The molecule has 0 aliphatic carbocycles. The second kappa shape index (κ2) is 6.05. The van der Waals surface area contributed by atoms with Crippen LogP contribution in [0.2, 0.25) is 0 Å². The van der Waals surface area contributed by atoms with Crippen LogP contribution in [-0.2, 0) is 21.2 Å². The molecule has 22 heavy (non-hydrogen) atoms. The Labute approximate surface area is 128 Å². The van der Waals surface area contributed by atoms with Gasteiger partial charge < -0.3 is 10.4 Å². The van der Waals surface area contributed by atoms with Gasteiger partial charge in [-0.3, -0.25) is 9.59 Å². The van der Waals surface area contributed by atoms with Gasteiger partial charge in [0.1, 0.15) is 6.04 Å². The number of benzene rings is 1. The lowest BCUT2D eigenvalue weighted by Crippen LogP contribution is -2.44. The zero-order chi connectivity index (χ0) is 16.5. The van der Waals surface area contributed by atoms with Gasteiger partial charge in [-0.25, -0.2) is 8.42 Å². The highest BCUT2D eigenvalue weighted by Crippen LogP contribution is 2.20. The lowest BCUT2D eigenvalue weighted by Gasteiger charge is -2.20. The van der Waals surface area contributed by atoms with Gasteiger partial charge in [-0.15, -0.1) is 0 Å². The molecule has 8 heteroatoms. The maximum atomic E-state index is 12.3. The first-order valence-electron chi connectivity index (χ1n) is 6.88. The molecule has 0 aromatic heterocycles. The van der Waals surface area contributed by atoms with Crippen molar-refractivity contribution in [1.29, 1.82) is 0 Å². The number of carbonyl (C=O) groups is 2. The van der Waals surface area contributed by atoms with Crippen LogP contribution in [0.5, 0.6) is 0 Å². The number of carbonyl (C=O) groups excluding carboxylic acids is 1. The molecular weight excluding hydrogens is 308 g/mol. The number of hydrogen-bond donors (Lipinski definition) is 3. The summed E-state index contributed by atoms with van der Waals surface area (Å²) in [6, 6.07) is 3.04. The van der Waals surface area contributed by atoms with E-state index in [4.69, 9.17) is 5.11 Å². The number of nitrogens with one attached hydrogen (secondary N) is 2. The molecule has 0 unspecified atom stereocenters. The van der Waals surface area contributed by atoms with Crippen LogP contribution >= 0.6 is 0 Å². The summed E-state index contributed by atoms with van der Waals surface area (Å²) in [7, 11) is -4.02. The minimum atomic E-state index is -4.02. The van der Waals surface area contributed by atoms with Gasteiger partial charge in [-0.2, -0.15) is 4.72 Å². The molecule has 3 N–H and O–H groups in total. The number of fused-ring (bicyclic) bond motifs is 1. The smallest absolute Gasteiger partial charge is 0.322 e. The third-order valence-corrected chi connectivity index (χ3v) is 4.97. The molecule has 1 aliphatic heterocycles. The highest BCUT2D eigenvalue weighted by Gasteiger charge is 2.29. The fraction of sp³-hybridized carbons (Fsp3) is 0.429. The number of aliphatic carboxylic acids is 1. The summed E-state index contributed by atoms with van der Waals surface area (Å²) >= 11 is 0. The molecule has 0 saturated carbocycles. The second-order valence-electron chi connectivity index (χ2n) is 5.51. The highest BCUT2D eigenvalue weighted by molar-refractivity contribution is 7.89. The molecule has 0 spiro atoms. The van der Waals surface area contributed by atoms with Crippen LogP contribution in [0.3, 0.4) is 0 Å². The molecule has 2 rings (SSSR count). The third-order valence-electron chi connectivity index (χ3n) is 3.53. The Morgan fingerprint density at radius 1 is 1.36 bits per heavy atom. The molecular formula is C14H18N2O5S. The van der Waals surface area contributed by atoms with Gasteiger partial charge in [-0.05, 0) is 30.0 Å². The van der Waals surface area contributed by atoms with Crippen LogP contribution in [0, 0.1) is 5.92 Å². The number of carboxylic acid groups (broad SMARTS) is 1. The van der Waals surface area contributed by atoms with Crippen LogP contribution in [0.4, 0.5) is 0 Å². The monoisotopic (exact) mass is 326 g/mol. The molecule has 1 amide bonds. The maximum absolute atomic E-state index is 12.3. The quantitative estimate of drug-likeness (QED) is 0.723. The molecule has 1 atom stereocenters. The van der Waals surface area contributed by atoms with E-state index in [1.54, 1.807) is 19.9 Å². The third kappa shape index (κ3) is 3.28. The minimum Gasteiger partial charge on any atom is -0.480 e. The molecule has 0 bridgehead atoms. The molecule has 1 heterocycles. The van der Waals surface area contributed by atoms with Gasteiger partial charge >= 0.3 is 5.97 Å². The summed E-state index contributed by atoms with van der Waals surface area (Å²) in [5.74, 6) is -1.97. The van der Waals surface area contributed by atoms with E-state index >= 15 is 0 Å². The Hall–Kier alpha value is -1.93. The molecule has 0 saturated heterocycles. The van der Waals surface area contributed by atoms with Gasteiger partial charge in [0.25, 0.3) is 5.91 Å². The van der Waals surface area contributed by atoms with E-state index < -0.39 is 28.0 Å². The van der Waals surface area contributed by atoms with Crippen LogP contribution < -0.4 is 10.0 Å². The summed E-state index contributed by atoms with van der Waals surface area (Å²) in [5.41, 5.74) is 1.09. The molecule has 0 radical (unpaired) electrons. The van der Waals surface area contributed by atoms with Crippen molar-refractivity contribution in [1.82, 2.24) is 10.0 Å². The van der Waals surface area contributed by atoms with Gasteiger partial charge in [-0.1, -0.05) is 19.9 Å². The van der Waals surface area contributed by atoms with Crippen molar-refractivity contribution < 1.29 is 23.1 Å². The fourth-order valence-electron chi connectivity index (χ4n) is 2.26. The molecule has 120 valence electrons. The van der Waals surface area contributed by atoms with Crippen LogP contribution in [0.25, 0.3) is 0 Å². The normalized spacial score (nSPS) is 16.0. The minimum absolute atomic E-state index is 0.116. The van der Waals surface area contributed by atoms with Gasteiger partial charge in [0.15, 0.2) is 0 Å².